The summed E-state index contributed by atoms with van der Waals surface area (Å²) in [4.78, 5) is 19.0. The molecule has 168 valence electrons. The molecule has 4 rings (SSSR count). The molecule has 32 heavy (non-hydrogen) atoms. The van der Waals surface area contributed by atoms with Crippen molar-refractivity contribution in [2.75, 3.05) is 0 Å². The van der Waals surface area contributed by atoms with E-state index in [0.717, 1.165) is 36.1 Å². The lowest BCUT2D eigenvalue weighted by Crippen LogP contribution is -2.27. The van der Waals surface area contributed by atoms with Crippen LogP contribution in [0.2, 0.25) is 0 Å². The van der Waals surface area contributed by atoms with Crippen molar-refractivity contribution in [2.24, 2.45) is 0 Å². The molecule has 1 aliphatic rings. The number of alkyl halides is 3. The Bertz CT molecular complexity index is 1040. The quantitative estimate of drug-likeness (QED) is 0.510. The van der Waals surface area contributed by atoms with Crippen LogP contribution in [0.15, 0.2) is 65.3 Å². The lowest BCUT2D eigenvalue weighted by atomic mass is 10.1. The van der Waals surface area contributed by atoms with Crippen molar-refractivity contribution in [3.05, 3.63) is 89.1 Å². The minimum Gasteiger partial charge on any atom is -0.447 e. The van der Waals surface area contributed by atoms with Gasteiger partial charge in [-0.3, -0.25) is 9.69 Å². The van der Waals surface area contributed by atoms with E-state index in [9.17, 15) is 18.0 Å². The monoisotopic (exact) mass is 443 g/mol. The van der Waals surface area contributed by atoms with E-state index in [1.807, 2.05) is 37.3 Å². The molecule has 3 aromatic rings. The number of carbonyl (C=O) groups excluding carboxylic acids is 1. The predicted octanol–water partition coefficient (Wildman–Crippen LogP) is 5.35. The number of rotatable bonds is 8. The van der Waals surface area contributed by atoms with Gasteiger partial charge in [0, 0.05) is 12.6 Å². The first-order valence-corrected chi connectivity index (χ1v) is 10.5. The molecule has 1 fully saturated rings. The predicted molar refractivity (Wildman–Crippen MR) is 113 cm³/mol. The van der Waals surface area contributed by atoms with Crippen LogP contribution in [0.25, 0.3) is 0 Å². The van der Waals surface area contributed by atoms with Crippen LogP contribution >= 0.6 is 0 Å². The van der Waals surface area contributed by atoms with E-state index in [0.29, 0.717) is 25.0 Å². The van der Waals surface area contributed by atoms with Gasteiger partial charge < -0.3 is 9.73 Å². The molecule has 1 amide bonds. The smallest absolute Gasteiger partial charge is 0.416 e. The number of hydrogen-bond donors (Lipinski definition) is 1. The number of benzene rings is 2. The van der Waals surface area contributed by atoms with Gasteiger partial charge in [0.05, 0.1) is 18.2 Å². The summed E-state index contributed by atoms with van der Waals surface area (Å²) < 4.78 is 43.9. The summed E-state index contributed by atoms with van der Waals surface area (Å²) in [6.07, 6.45) is -0.972. The molecule has 0 spiro atoms. The lowest BCUT2D eigenvalue weighted by Gasteiger charge is -2.20. The van der Waals surface area contributed by atoms with Gasteiger partial charge in [0.1, 0.15) is 6.26 Å². The van der Waals surface area contributed by atoms with Crippen molar-refractivity contribution in [2.45, 2.75) is 51.1 Å². The number of oxazole rings is 1. The molecule has 2 aromatic carbocycles. The van der Waals surface area contributed by atoms with Crippen LogP contribution in [-0.4, -0.2) is 21.8 Å². The van der Waals surface area contributed by atoms with Crippen molar-refractivity contribution in [1.29, 1.82) is 0 Å². The second-order valence-corrected chi connectivity index (χ2v) is 8.06. The third kappa shape index (κ3) is 5.56. The molecule has 1 unspecified atom stereocenters. The van der Waals surface area contributed by atoms with Gasteiger partial charge in [0.15, 0.2) is 5.69 Å². The Labute approximate surface area is 184 Å². The molecule has 1 aromatic heterocycles. The number of halogens is 3. The number of carbonyl (C=O) groups is 1. The molecule has 0 bridgehead atoms. The van der Waals surface area contributed by atoms with Crippen molar-refractivity contribution >= 4 is 5.91 Å². The lowest BCUT2D eigenvalue weighted by molar-refractivity contribution is -0.137. The zero-order valence-electron chi connectivity index (χ0n) is 17.6. The summed E-state index contributed by atoms with van der Waals surface area (Å²) in [6.45, 7) is 2.76. The average molecular weight is 443 g/mol. The highest BCUT2D eigenvalue weighted by Gasteiger charge is 2.32. The number of hydrogen-bond acceptors (Lipinski definition) is 4. The summed E-state index contributed by atoms with van der Waals surface area (Å²) in [6, 6.07) is 15.0. The number of amides is 1. The molecular weight excluding hydrogens is 419 g/mol. The van der Waals surface area contributed by atoms with Crippen LogP contribution in [0, 0.1) is 0 Å². The fourth-order valence-electron chi connectivity index (χ4n) is 3.54. The summed E-state index contributed by atoms with van der Waals surface area (Å²) in [5.74, 6) is 0.0818. The Morgan fingerprint density at radius 2 is 1.81 bits per heavy atom. The number of nitrogens with zero attached hydrogens (tertiary/aromatic N) is 2. The van der Waals surface area contributed by atoms with Crippen LogP contribution in [0.3, 0.4) is 0 Å². The maximum absolute atomic E-state index is 12.8. The Kier molecular flexibility index (Phi) is 6.32. The summed E-state index contributed by atoms with van der Waals surface area (Å²) in [5.41, 5.74) is 1.31. The van der Waals surface area contributed by atoms with Gasteiger partial charge >= 0.3 is 6.18 Å². The highest BCUT2D eigenvalue weighted by Crippen LogP contribution is 2.32. The molecule has 1 atom stereocenters. The van der Waals surface area contributed by atoms with Crippen molar-refractivity contribution in [3.63, 3.8) is 0 Å². The van der Waals surface area contributed by atoms with Crippen LogP contribution in [0.1, 0.15) is 58.9 Å². The first-order valence-electron chi connectivity index (χ1n) is 10.5. The second kappa shape index (κ2) is 9.16. The Hall–Kier alpha value is -3.13. The fourth-order valence-corrected chi connectivity index (χ4v) is 3.54. The third-order valence-electron chi connectivity index (χ3n) is 5.50. The summed E-state index contributed by atoms with van der Waals surface area (Å²) in [5, 5.41) is 2.90. The first kappa shape index (κ1) is 22.1. The Morgan fingerprint density at radius 3 is 2.44 bits per heavy atom. The molecular formula is C24H24F3N3O2. The first-order chi connectivity index (χ1) is 15.3. The van der Waals surface area contributed by atoms with E-state index in [2.05, 4.69) is 15.2 Å². The van der Waals surface area contributed by atoms with Crippen molar-refractivity contribution < 1.29 is 22.4 Å². The molecule has 5 nitrogen and oxygen atoms in total. The summed E-state index contributed by atoms with van der Waals surface area (Å²) >= 11 is 0. The van der Waals surface area contributed by atoms with Gasteiger partial charge in [-0.2, -0.15) is 13.2 Å². The van der Waals surface area contributed by atoms with E-state index in [4.69, 9.17) is 4.42 Å². The molecule has 8 heteroatoms. The van der Waals surface area contributed by atoms with E-state index in [1.165, 1.54) is 18.4 Å². The SMILES string of the molecule is CC(NC(=O)c1coc(CN(Cc2ccc(C(F)(F)F)cc2)C2CC2)n1)c1ccccc1. The van der Waals surface area contributed by atoms with E-state index < -0.39 is 11.7 Å². The largest absolute Gasteiger partial charge is 0.447 e. The maximum atomic E-state index is 12.8. The van der Waals surface area contributed by atoms with Crippen LogP contribution < -0.4 is 5.32 Å². The van der Waals surface area contributed by atoms with Gasteiger partial charge in [0.2, 0.25) is 5.89 Å². The van der Waals surface area contributed by atoms with Crippen LogP contribution in [0.4, 0.5) is 13.2 Å². The second-order valence-electron chi connectivity index (χ2n) is 8.06. The molecule has 1 saturated carbocycles. The topological polar surface area (TPSA) is 58.4 Å². The zero-order valence-corrected chi connectivity index (χ0v) is 17.6. The van der Waals surface area contributed by atoms with E-state index >= 15 is 0 Å². The minimum atomic E-state index is -4.35. The average Bonchev–Trinajstić information content (AvgIpc) is 3.52. The van der Waals surface area contributed by atoms with Crippen molar-refractivity contribution in [1.82, 2.24) is 15.2 Å². The van der Waals surface area contributed by atoms with E-state index in [-0.39, 0.29) is 17.6 Å². The highest BCUT2D eigenvalue weighted by molar-refractivity contribution is 5.92. The van der Waals surface area contributed by atoms with E-state index in [1.54, 1.807) is 0 Å². The maximum Gasteiger partial charge on any atom is 0.416 e. The van der Waals surface area contributed by atoms with Crippen LogP contribution in [-0.2, 0) is 19.3 Å². The van der Waals surface area contributed by atoms with Gasteiger partial charge in [-0.25, -0.2) is 4.98 Å². The molecule has 0 saturated heterocycles. The standard InChI is InChI=1S/C24H24F3N3O2/c1-16(18-5-3-2-4-6-18)28-23(31)21-15-32-22(29-21)14-30(20-11-12-20)13-17-7-9-19(10-8-17)24(25,26)27/h2-10,15-16,20H,11-14H2,1H3,(H,28,31). The third-order valence-corrected chi connectivity index (χ3v) is 5.50. The number of aromatic nitrogens is 1. The molecule has 1 aliphatic carbocycles. The van der Waals surface area contributed by atoms with Crippen LogP contribution in [0.5, 0.6) is 0 Å². The Morgan fingerprint density at radius 1 is 1.12 bits per heavy atom. The zero-order chi connectivity index (χ0) is 22.7. The molecule has 1 N–H and O–H groups in total. The fraction of sp³-hybridized carbons (Fsp3) is 0.333. The van der Waals surface area contributed by atoms with Gasteiger partial charge in [0.25, 0.3) is 5.91 Å². The summed E-state index contributed by atoms with van der Waals surface area (Å²) in [7, 11) is 0. The molecule has 1 heterocycles. The molecule has 0 aliphatic heterocycles. The van der Waals surface area contributed by atoms with Crippen molar-refractivity contribution in [3.8, 4) is 0 Å². The number of nitrogens with one attached hydrogen (secondary N) is 1. The molecule has 0 radical (unpaired) electrons. The highest BCUT2D eigenvalue weighted by atomic mass is 19.4. The van der Waals surface area contributed by atoms with Gasteiger partial charge in [-0.1, -0.05) is 42.5 Å². The van der Waals surface area contributed by atoms with Gasteiger partial charge in [-0.15, -0.1) is 0 Å². The normalized spacial score (nSPS) is 15.0. The Balaban J connectivity index is 1.38. The van der Waals surface area contributed by atoms with Gasteiger partial charge in [-0.05, 0) is 43.0 Å². The minimum absolute atomic E-state index is 0.175.